The Labute approximate surface area is 146 Å². The van der Waals surface area contributed by atoms with E-state index >= 15 is 0 Å². The molecule has 0 aromatic carbocycles. The van der Waals surface area contributed by atoms with E-state index in [0.29, 0.717) is 0 Å². The molecule has 0 saturated heterocycles. The molecule has 0 rings (SSSR count). The third kappa shape index (κ3) is 12.9. The van der Waals surface area contributed by atoms with Crippen LogP contribution in [0.1, 0.15) is 52.4 Å². The minimum atomic E-state index is -0.887. The fourth-order valence-electron chi connectivity index (χ4n) is 1.93. The highest BCUT2D eigenvalue weighted by Crippen LogP contribution is 2.01. The van der Waals surface area contributed by atoms with Crippen LogP contribution < -0.4 is 5.32 Å². The number of allylic oxidation sites excluding steroid dienone is 6. The summed E-state index contributed by atoms with van der Waals surface area (Å²) in [7, 11) is 0. The molecule has 2 atom stereocenters. The molecule has 0 heterocycles. The van der Waals surface area contributed by atoms with Crippen molar-refractivity contribution in [1.29, 1.82) is 0 Å². The molecule has 4 heteroatoms. The van der Waals surface area contributed by atoms with E-state index in [9.17, 15) is 15.0 Å². The average Bonchev–Trinajstić information content (AvgIpc) is 2.58. The third-order valence-corrected chi connectivity index (χ3v) is 3.33. The predicted molar refractivity (Wildman–Crippen MR) is 101 cm³/mol. The highest BCUT2D eigenvalue weighted by molar-refractivity contribution is 5.77. The molecule has 3 N–H and O–H groups in total. The van der Waals surface area contributed by atoms with Gasteiger partial charge < -0.3 is 15.5 Å². The van der Waals surface area contributed by atoms with Crippen molar-refractivity contribution < 1.29 is 15.0 Å². The van der Waals surface area contributed by atoms with Crippen molar-refractivity contribution >= 4 is 5.91 Å². The van der Waals surface area contributed by atoms with E-state index in [2.05, 4.69) is 31.3 Å². The van der Waals surface area contributed by atoms with Crippen molar-refractivity contribution in [1.82, 2.24) is 5.32 Å². The number of hydrogen-bond acceptors (Lipinski definition) is 3. The summed E-state index contributed by atoms with van der Waals surface area (Å²) in [5.74, 6) is -0.195. The first-order valence-electron chi connectivity index (χ1n) is 8.87. The molecule has 0 aliphatic heterocycles. The molecule has 0 aliphatic rings. The Morgan fingerprint density at radius 3 is 2.38 bits per heavy atom. The second-order valence-corrected chi connectivity index (χ2v) is 5.58. The topological polar surface area (TPSA) is 69.6 Å². The van der Waals surface area contributed by atoms with E-state index < -0.39 is 12.1 Å². The van der Waals surface area contributed by atoms with E-state index in [1.54, 1.807) is 6.08 Å². The third-order valence-electron chi connectivity index (χ3n) is 3.33. The van der Waals surface area contributed by atoms with Crippen molar-refractivity contribution in [3.05, 3.63) is 48.6 Å². The van der Waals surface area contributed by atoms with Crippen LogP contribution in [0, 0.1) is 0 Å². The monoisotopic (exact) mass is 335 g/mol. The second-order valence-electron chi connectivity index (χ2n) is 5.58. The molecule has 0 aromatic heterocycles. The van der Waals surface area contributed by atoms with Crippen LogP contribution in [0.25, 0.3) is 0 Å². The largest absolute Gasteiger partial charge is 0.394 e. The maximum absolute atomic E-state index is 11.8. The van der Waals surface area contributed by atoms with E-state index in [-0.39, 0.29) is 18.9 Å². The summed E-state index contributed by atoms with van der Waals surface area (Å²) in [6, 6.07) is -0.670. The number of aliphatic hydroxyl groups is 2. The summed E-state index contributed by atoms with van der Waals surface area (Å²) in [6.07, 6.45) is 19.6. The van der Waals surface area contributed by atoms with Crippen LogP contribution in [0.5, 0.6) is 0 Å². The molecule has 0 radical (unpaired) electrons. The average molecular weight is 335 g/mol. The molecule has 0 fully saturated rings. The van der Waals surface area contributed by atoms with Crippen LogP contribution in [0.4, 0.5) is 0 Å². The lowest BCUT2D eigenvalue weighted by Crippen LogP contribution is -2.44. The van der Waals surface area contributed by atoms with Gasteiger partial charge in [-0.15, -0.1) is 0 Å². The summed E-state index contributed by atoms with van der Waals surface area (Å²) < 4.78 is 0. The SMILES string of the molecule is CC/C=C/C=C/CC/C=C/[C@@H](O)[C@H](CO)NC(=O)C/C=C\CCC. The predicted octanol–water partition coefficient (Wildman–Crippen LogP) is 3.43. The number of unbranched alkanes of at least 4 members (excludes halogenated alkanes) is 2. The van der Waals surface area contributed by atoms with Crippen LogP contribution in [0.2, 0.25) is 0 Å². The van der Waals surface area contributed by atoms with Gasteiger partial charge in [0.2, 0.25) is 5.91 Å². The molecule has 24 heavy (non-hydrogen) atoms. The van der Waals surface area contributed by atoms with Gasteiger partial charge in [-0.1, -0.05) is 68.9 Å². The van der Waals surface area contributed by atoms with Crippen LogP contribution in [-0.2, 0) is 4.79 Å². The fourth-order valence-corrected chi connectivity index (χ4v) is 1.93. The summed E-state index contributed by atoms with van der Waals surface area (Å²) in [4.78, 5) is 11.8. The summed E-state index contributed by atoms with van der Waals surface area (Å²) >= 11 is 0. The quantitative estimate of drug-likeness (QED) is 0.274. The molecular formula is C20H33NO3. The van der Waals surface area contributed by atoms with Gasteiger partial charge in [0.1, 0.15) is 0 Å². The Balaban J connectivity index is 4.12. The fraction of sp³-hybridized carbons (Fsp3) is 0.550. The van der Waals surface area contributed by atoms with Gasteiger partial charge in [0.05, 0.1) is 18.8 Å². The Kier molecular flexibility index (Phi) is 15.1. The number of nitrogens with one attached hydrogen (secondary N) is 1. The molecule has 0 aliphatic carbocycles. The first kappa shape index (κ1) is 22.4. The van der Waals surface area contributed by atoms with Gasteiger partial charge in [0, 0.05) is 6.42 Å². The Hall–Kier alpha value is -1.65. The Morgan fingerprint density at radius 2 is 1.71 bits per heavy atom. The number of hydrogen-bond donors (Lipinski definition) is 3. The number of rotatable bonds is 13. The minimum Gasteiger partial charge on any atom is -0.394 e. The smallest absolute Gasteiger partial charge is 0.224 e. The van der Waals surface area contributed by atoms with E-state index in [1.807, 2.05) is 30.4 Å². The summed E-state index contributed by atoms with van der Waals surface area (Å²) in [5, 5.41) is 22.0. The lowest BCUT2D eigenvalue weighted by Gasteiger charge is -2.19. The zero-order chi connectivity index (χ0) is 18.0. The summed E-state index contributed by atoms with van der Waals surface area (Å²) in [6.45, 7) is 3.87. The van der Waals surface area contributed by atoms with Crippen LogP contribution in [-0.4, -0.2) is 34.9 Å². The minimum absolute atomic E-state index is 0.195. The highest BCUT2D eigenvalue weighted by Gasteiger charge is 2.17. The zero-order valence-corrected chi connectivity index (χ0v) is 15.0. The van der Waals surface area contributed by atoms with Gasteiger partial charge in [-0.3, -0.25) is 4.79 Å². The van der Waals surface area contributed by atoms with Crippen molar-refractivity contribution in [2.75, 3.05) is 6.61 Å². The molecule has 4 nitrogen and oxygen atoms in total. The Bertz CT molecular complexity index is 425. The van der Waals surface area contributed by atoms with Gasteiger partial charge in [-0.2, -0.15) is 0 Å². The number of carbonyl (C=O) groups excluding carboxylic acids is 1. The number of aliphatic hydroxyl groups excluding tert-OH is 2. The summed E-state index contributed by atoms with van der Waals surface area (Å²) in [5.41, 5.74) is 0. The second kappa shape index (κ2) is 16.2. The van der Waals surface area contributed by atoms with Crippen molar-refractivity contribution in [3.8, 4) is 0 Å². The number of carbonyl (C=O) groups is 1. The molecule has 0 bridgehead atoms. The van der Waals surface area contributed by atoms with Gasteiger partial charge >= 0.3 is 0 Å². The normalized spacial score (nSPS) is 15.0. The van der Waals surface area contributed by atoms with Gasteiger partial charge in [0.15, 0.2) is 0 Å². The lowest BCUT2D eigenvalue weighted by atomic mass is 10.1. The molecule has 0 saturated carbocycles. The lowest BCUT2D eigenvalue weighted by molar-refractivity contribution is -0.122. The van der Waals surface area contributed by atoms with Crippen molar-refractivity contribution in [3.63, 3.8) is 0 Å². The maximum Gasteiger partial charge on any atom is 0.224 e. The number of amides is 1. The van der Waals surface area contributed by atoms with Gasteiger partial charge in [-0.25, -0.2) is 0 Å². The van der Waals surface area contributed by atoms with E-state index in [4.69, 9.17) is 0 Å². The molecule has 1 amide bonds. The van der Waals surface area contributed by atoms with Crippen LogP contribution in [0.15, 0.2) is 48.6 Å². The van der Waals surface area contributed by atoms with Crippen molar-refractivity contribution in [2.24, 2.45) is 0 Å². The zero-order valence-electron chi connectivity index (χ0n) is 15.0. The molecule has 0 aromatic rings. The molecular weight excluding hydrogens is 302 g/mol. The first-order valence-corrected chi connectivity index (χ1v) is 8.87. The molecule has 0 spiro atoms. The van der Waals surface area contributed by atoms with Gasteiger partial charge in [-0.05, 0) is 25.7 Å². The van der Waals surface area contributed by atoms with Crippen LogP contribution >= 0.6 is 0 Å². The highest BCUT2D eigenvalue weighted by atomic mass is 16.3. The van der Waals surface area contributed by atoms with Crippen molar-refractivity contribution in [2.45, 2.75) is 64.5 Å². The van der Waals surface area contributed by atoms with Gasteiger partial charge in [0.25, 0.3) is 0 Å². The van der Waals surface area contributed by atoms with Crippen LogP contribution in [0.3, 0.4) is 0 Å². The van der Waals surface area contributed by atoms with E-state index in [1.165, 1.54) is 0 Å². The molecule has 0 unspecified atom stereocenters. The maximum atomic E-state index is 11.8. The first-order chi connectivity index (χ1) is 11.7. The standard InChI is InChI=1S/C20H33NO3/c1-3-5-7-9-10-11-12-13-15-19(23)18(17-22)21-20(24)16-14-8-6-4-2/h5,7-10,13-15,18-19,22-23H,3-4,6,11-12,16-17H2,1-2H3,(H,21,24)/b7-5+,10-9+,14-8-,15-13+/t18-,19+/m0/s1. The molecule has 136 valence electrons. The van der Waals surface area contributed by atoms with E-state index in [0.717, 1.165) is 32.1 Å². The Morgan fingerprint density at radius 1 is 1.00 bits per heavy atom.